The fraction of sp³-hybridized carbons (Fsp3) is 0.391. The lowest BCUT2D eigenvalue weighted by Crippen LogP contribution is -2.45. The largest absolute Gasteiger partial charge is 0.495 e. The highest BCUT2D eigenvalue weighted by Gasteiger charge is 2.25. The Morgan fingerprint density at radius 1 is 1.28 bits per heavy atom. The normalized spacial score (nSPS) is 15.7. The van der Waals surface area contributed by atoms with Crippen molar-refractivity contribution >= 4 is 53.1 Å². The molecule has 1 unspecified atom stereocenters. The number of aliphatic imine (C=N–C) groups is 1. The molecule has 1 aliphatic rings. The number of hydrogen-bond acceptors (Lipinski definition) is 4. The SMILES string of the molecule is CN=C(NCCc1cccc(C(=O)NC)c1)NC1CCN(c2cc(Cl)ccc2OC)C1.I. The summed E-state index contributed by atoms with van der Waals surface area (Å²) < 4.78 is 5.49. The fourth-order valence-corrected chi connectivity index (χ4v) is 3.90. The van der Waals surface area contributed by atoms with Crippen molar-refractivity contribution in [3.63, 3.8) is 0 Å². The Hall–Kier alpha value is -2.20. The number of amides is 1. The molecule has 9 heteroatoms. The predicted octanol–water partition coefficient (Wildman–Crippen LogP) is 3.31. The molecule has 0 bridgehead atoms. The summed E-state index contributed by atoms with van der Waals surface area (Å²) in [6.45, 7) is 2.47. The second kappa shape index (κ2) is 12.7. The molecule has 0 radical (unpaired) electrons. The molecule has 1 aliphatic heterocycles. The van der Waals surface area contributed by atoms with Crippen LogP contribution in [0.15, 0.2) is 47.5 Å². The molecule has 0 aliphatic carbocycles. The zero-order valence-corrected chi connectivity index (χ0v) is 21.7. The number of benzene rings is 2. The summed E-state index contributed by atoms with van der Waals surface area (Å²) in [5.41, 5.74) is 2.78. The van der Waals surface area contributed by atoms with Crippen molar-refractivity contribution in [1.29, 1.82) is 0 Å². The van der Waals surface area contributed by atoms with Crippen LogP contribution in [-0.2, 0) is 6.42 Å². The van der Waals surface area contributed by atoms with Gasteiger partial charge in [0.15, 0.2) is 5.96 Å². The van der Waals surface area contributed by atoms with Crippen molar-refractivity contribution in [1.82, 2.24) is 16.0 Å². The van der Waals surface area contributed by atoms with E-state index in [9.17, 15) is 4.79 Å². The van der Waals surface area contributed by atoms with Crippen molar-refractivity contribution in [2.24, 2.45) is 4.99 Å². The molecule has 1 heterocycles. The minimum absolute atomic E-state index is 0. The quantitative estimate of drug-likeness (QED) is 0.270. The Morgan fingerprint density at radius 3 is 2.81 bits per heavy atom. The van der Waals surface area contributed by atoms with Gasteiger partial charge in [-0.25, -0.2) is 0 Å². The van der Waals surface area contributed by atoms with E-state index in [2.05, 4.69) is 25.8 Å². The smallest absolute Gasteiger partial charge is 0.251 e. The van der Waals surface area contributed by atoms with Gasteiger partial charge in [-0.15, -0.1) is 24.0 Å². The van der Waals surface area contributed by atoms with Crippen LogP contribution in [0.3, 0.4) is 0 Å². The number of guanidine groups is 1. The number of anilines is 1. The number of halogens is 2. The highest BCUT2D eigenvalue weighted by Crippen LogP contribution is 2.33. The zero-order chi connectivity index (χ0) is 22.2. The van der Waals surface area contributed by atoms with E-state index in [1.807, 2.05) is 42.5 Å². The third-order valence-corrected chi connectivity index (χ3v) is 5.59. The van der Waals surface area contributed by atoms with Gasteiger partial charge in [0, 0.05) is 50.4 Å². The van der Waals surface area contributed by atoms with Crippen LogP contribution in [-0.4, -0.2) is 58.7 Å². The Labute approximate surface area is 212 Å². The topological polar surface area (TPSA) is 78.0 Å². The maximum Gasteiger partial charge on any atom is 0.251 e. The van der Waals surface area contributed by atoms with Crippen LogP contribution in [0.5, 0.6) is 5.75 Å². The van der Waals surface area contributed by atoms with Gasteiger partial charge < -0.3 is 25.6 Å². The molecule has 1 saturated heterocycles. The summed E-state index contributed by atoms with van der Waals surface area (Å²) in [6, 6.07) is 13.6. The number of nitrogens with one attached hydrogen (secondary N) is 3. The van der Waals surface area contributed by atoms with E-state index in [-0.39, 0.29) is 35.9 Å². The molecule has 1 amide bonds. The minimum atomic E-state index is -0.0746. The number of carbonyl (C=O) groups excluding carboxylic acids is 1. The molecule has 3 N–H and O–H groups in total. The summed E-state index contributed by atoms with van der Waals surface area (Å²) in [7, 11) is 5.09. The predicted molar refractivity (Wildman–Crippen MR) is 142 cm³/mol. The molecule has 32 heavy (non-hydrogen) atoms. The van der Waals surface area contributed by atoms with Crippen molar-refractivity contribution in [2.45, 2.75) is 18.9 Å². The van der Waals surface area contributed by atoms with E-state index in [1.165, 1.54) is 0 Å². The lowest BCUT2D eigenvalue weighted by atomic mass is 10.1. The Bertz CT molecular complexity index is 940. The molecule has 0 saturated carbocycles. The molecule has 1 atom stereocenters. The molecule has 0 spiro atoms. The molecule has 3 rings (SSSR count). The second-order valence-electron chi connectivity index (χ2n) is 7.42. The lowest BCUT2D eigenvalue weighted by Gasteiger charge is -2.22. The maximum atomic E-state index is 11.8. The second-order valence-corrected chi connectivity index (χ2v) is 7.86. The average molecular weight is 572 g/mol. The number of rotatable bonds is 7. The van der Waals surface area contributed by atoms with Gasteiger partial charge in [0.2, 0.25) is 0 Å². The Morgan fingerprint density at radius 2 is 2.09 bits per heavy atom. The van der Waals surface area contributed by atoms with E-state index in [0.717, 1.165) is 55.4 Å². The third-order valence-electron chi connectivity index (χ3n) is 5.36. The Balaban J connectivity index is 0.00000363. The highest BCUT2D eigenvalue weighted by molar-refractivity contribution is 14.0. The van der Waals surface area contributed by atoms with Gasteiger partial charge in [0.1, 0.15) is 5.75 Å². The van der Waals surface area contributed by atoms with E-state index in [4.69, 9.17) is 16.3 Å². The van der Waals surface area contributed by atoms with Crippen LogP contribution >= 0.6 is 35.6 Å². The van der Waals surface area contributed by atoms with Crippen LogP contribution in [0.1, 0.15) is 22.3 Å². The summed E-state index contributed by atoms with van der Waals surface area (Å²) in [5.74, 6) is 1.52. The number of ether oxygens (including phenoxy) is 1. The van der Waals surface area contributed by atoms with Gasteiger partial charge in [-0.3, -0.25) is 9.79 Å². The number of nitrogens with zero attached hydrogens (tertiary/aromatic N) is 2. The number of carbonyl (C=O) groups is 1. The van der Waals surface area contributed by atoms with Crippen LogP contribution in [0.25, 0.3) is 0 Å². The third kappa shape index (κ3) is 6.90. The lowest BCUT2D eigenvalue weighted by molar-refractivity contribution is 0.0963. The van der Waals surface area contributed by atoms with Crippen LogP contribution in [0.4, 0.5) is 5.69 Å². The first kappa shape index (κ1) is 26.1. The summed E-state index contributed by atoms with van der Waals surface area (Å²) in [4.78, 5) is 18.4. The van der Waals surface area contributed by atoms with Gasteiger partial charge in [-0.1, -0.05) is 23.7 Å². The number of methoxy groups -OCH3 is 1. The molecular formula is C23H31ClIN5O2. The maximum absolute atomic E-state index is 11.8. The van der Waals surface area contributed by atoms with E-state index >= 15 is 0 Å². The van der Waals surface area contributed by atoms with Crippen LogP contribution in [0.2, 0.25) is 5.02 Å². The first-order valence-corrected chi connectivity index (χ1v) is 10.8. The van der Waals surface area contributed by atoms with Gasteiger partial charge in [0.25, 0.3) is 5.91 Å². The minimum Gasteiger partial charge on any atom is -0.495 e. The summed E-state index contributed by atoms with van der Waals surface area (Å²) in [6.07, 6.45) is 1.78. The molecular weight excluding hydrogens is 541 g/mol. The van der Waals surface area contributed by atoms with Crippen LogP contribution < -0.4 is 25.6 Å². The Kier molecular flexibility index (Phi) is 10.4. The monoisotopic (exact) mass is 571 g/mol. The first-order valence-electron chi connectivity index (χ1n) is 10.4. The highest BCUT2D eigenvalue weighted by atomic mass is 127. The van der Waals surface area contributed by atoms with Gasteiger partial charge in [-0.2, -0.15) is 0 Å². The zero-order valence-electron chi connectivity index (χ0n) is 18.7. The number of hydrogen-bond donors (Lipinski definition) is 3. The van der Waals surface area contributed by atoms with Crippen molar-refractivity contribution in [3.05, 3.63) is 58.6 Å². The summed E-state index contributed by atoms with van der Waals surface area (Å²) in [5, 5.41) is 10.2. The van der Waals surface area contributed by atoms with Gasteiger partial charge >= 0.3 is 0 Å². The molecule has 1 fully saturated rings. The molecule has 2 aromatic carbocycles. The van der Waals surface area contributed by atoms with E-state index < -0.39 is 0 Å². The standard InChI is InChI=1S/C23H30ClN5O2.HI/c1-25-22(30)17-6-4-5-16(13-17)9-11-27-23(26-2)28-19-10-12-29(15-19)20-14-18(24)7-8-21(20)31-3;/h4-8,13-14,19H,9-12,15H2,1-3H3,(H,25,30)(H2,26,27,28);1H. The van der Waals surface area contributed by atoms with Gasteiger partial charge in [-0.05, 0) is 48.7 Å². The van der Waals surface area contributed by atoms with Crippen molar-refractivity contribution < 1.29 is 9.53 Å². The van der Waals surface area contributed by atoms with Crippen molar-refractivity contribution in [2.75, 3.05) is 45.7 Å². The van der Waals surface area contributed by atoms with Gasteiger partial charge in [0.05, 0.1) is 12.8 Å². The fourth-order valence-electron chi connectivity index (χ4n) is 3.73. The average Bonchev–Trinajstić information content (AvgIpc) is 3.26. The molecule has 174 valence electrons. The first-order chi connectivity index (χ1) is 15.0. The molecule has 2 aromatic rings. The van der Waals surface area contributed by atoms with E-state index in [1.54, 1.807) is 21.2 Å². The van der Waals surface area contributed by atoms with Crippen LogP contribution in [0, 0.1) is 0 Å². The van der Waals surface area contributed by atoms with E-state index in [0.29, 0.717) is 10.6 Å². The molecule has 7 nitrogen and oxygen atoms in total. The van der Waals surface area contributed by atoms with Crippen molar-refractivity contribution in [3.8, 4) is 5.75 Å². The molecule has 0 aromatic heterocycles. The summed E-state index contributed by atoms with van der Waals surface area (Å²) >= 11 is 6.19.